The number of benzene rings is 1. The minimum atomic E-state index is 0.424. The van der Waals surface area contributed by atoms with E-state index in [1.54, 1.807) is 5.56 Å². The predicted molar refractivity (Wildman–Crippen MR) is 113 cm³/mol. The van der Waals surface area contributed by atoms with E-state index >= 15 is 0 Å². The zero-order valence-corrected chi connectivity index (χ0v) is 17.4. The fourth-order valence-electron chi connectivity index (χ4n) is 8.04. The number of likely N-dealkylation sites (tertiary alicyclic amines) is 1. The van der Waals surface area contributed by atoms with Gasteiger partial charge in [0.25, 0.3) is 0 Å². The molecule has 3 atom stereocenters. The number of nitrogens with two attached hydrogens (primary N) is 1. The summed E-state index contributed by atoms with van der Waals surface area (Å²) in [6.45, 7) is 3.44. The minimum Gasteiger partial charge on any atom is -0.330 e. The standard InChI is InChI=1S/C24H35ClN2/c25-21-5-3-20(4-6-21)24-14-18-11-19(15-24)13-23(12-18,17-24)16-22(7-8-26)27-9-1-2-10-27/h3-6,18-19,22H,1-2,7-17,26H2. The molecule has 1 aromatic carbocycles. The van der Waals surface area contributed by atoms with Crippen LogP contribution in [0.5, 0.6) is 0 Å². The van der Waals surface area contributed by atoms with Crippen LogP contribution in [0.4, 0.5) is 0 Å². The lowest BCUT2D eigenvalue weighted by Crippen LogP contribution is -2.55. The zero-order chi connectivity index (χ0) is 18.5. The third kappa shape index (κ3) is 3.36. The van der Waals surface area contributed by atoms with E-state index in [0.717, 1.165) is 29.4 Å². The van der Waals surface area contributed by atoms with Crippen LogP contribution in [0.1, 0.15) is 69.8 Å². The molecule has 4 bridgehead atoms. The van der Waals surface area contributed by atoms with Crippen molar-refractivity contribution < 1.29 is 0 Å². The molecule has 3 unspecified atom stereocenters. The van der Waals surface area contributed by atoms with Crippen molar-refractivity contribution in [3.63, 3.8) is 0 Å². The molecule has 0 aromatic heterocycles. The molecule has 4 aliphatic carbocycles. The average Bonchev–Trinajstić information content (AvgIpc) is 3.15. The number of rotatable bonds is 6. The van der Waals surface area contributed by atoms with Crippen molar-refractivity contribution in [2.24, 2.45) is 23.0 Å². The monoisotopic (exact) mass is 386 g/mol. The Balaban J connectivity index is 1.43. The molecule has 1 aliphatic heterocycles. The van der Waals surface area contributed by atoms with Crippen molar-refractivity contribution in [1.29, 1.82) is 0 Å². The second-order valence-corrected chi connectivity index (χ2v) is 10.9. The second kappa shape index (κ2) is 7.04. The van der Waals surface area contributed by atoms with Gasteiger partial charge in [-0.3, -0.25) is 0 Å². The summed E-state index contributed by atoms with van der Waals surface area (Å²) in [5.74, 6) is 1.89. The van der Waals surface area contributed by atoms with E-state index in [-0.39, 0.29) is 0 Å². The lowest BCUT2D eigenvalue weighted by Gasteiger charge is -2.63. The Morgan fingerprint density at radius 3 is 2.33 bits per heavy atom. The highest BCUT2D eigenvalue weighted by atomic mass is 35.5. The van der Waals surface area contributed by atoms with Gasteiger partial charge in [-0.2, -0.15) is 0 Å². The highest BCUT2D eigenvalue weighted by molar-refractivity contribution is 6.30. The summed E-state index contributed by atoms with van der Waals surface area (Å²) in [5.41, 5.74) is 8.61. The Hall–Kier alpha value is -0.570. The molecule has 2 nitrogen and oxygen atoms in total. The van der Waals surface area contributed by atoms with Gasteiger partial charge in [0.1, 0.15) is 0 Å². The largest absolute Gasteiger partial charge is 0.330 e. The van der Waals surface area contributed by atoms with Crippen LogP contribution in [0.2, 0.25) is 5.02 Å². The molecule has 5 fully saturated rings. The van der Waals surface area contributed by atoms with Gasteiger partial charge in [-0.1, -0.05) is 23.7 Å². The SMILES string of the molecule is NCCC(CC12CC3CC(C1)CC(c1ccc(Cl)cc1)(C3)C2)N1CCCC1. The van der Waals surface area contributed by atoms with Crippen molar-refractivity contribution in [3.8, 4) is 0 Å². The minimum absolute atomic E-state index is 0.424. The van der Waals surface area contributed by atoms with Crippen LogP contribution < -0.4 is 5.73 Å². The van der Waals surface area contributed by atoms with Gasteiger partial charge in [-0.15, -0.1) is 0 Å². The van der Waals surface area contributed by atoms with Crippen LogP contribution in [-0.4, -0.2) is 30.6 Å². The first-order valence-corrected chi connectivity index (χ1v) is 11.7. The van der Waals surface area contributed by atoms with Crippen LogP contribution in [0.15, 0.2) is 24.3 Å². The molecule has 0 radical (unpaired) electrons. The summed E-state index contributed by atoms with van der Waals surface area (Å²) in [6, 6.07) is 9.62. The van der Waals surface area contributed by atoms with Crippen molar-refractivity contribution in [2.75, 3.05) is 19.6 Å². The smallest absolute Gasteiger partial charge is 0.0406 e. The number of halogens is 1. The molecule has 27 heavy (non-hydrogen) atoms. The third-order valence-electron chi connectivity index (χ3n) is 8.46. The summed E-state index contributed by atoms with van der Waals surface area (Å²) in [4.78, 5) is 2.78. The quantitative estimate of drug-likeness (QED) is 0.710. The molecule has 0 spiro atoms. The zero-order valence-electron chi connectivity index (χ0n) is 16.6. The Bertz CT molecular complexity index is 649. The summed E-state index contributed by atoms with van der Waals surface area (Å²) >= 11 is 6.21. The summed E-state index contributed by atoms with van der Waals surface area (Å²) in [7, 11) is 0. The van der Waals surface area contributed by atoms with Crippen LogP contribution in [0.3, 0.4) is 0 Å². The van der Waals surface area contributed by atoms with Crippen LogP contribution in [0.25, 0.3) is 0 Å². The molecule has 2 N–H and O–H groups in total. The van der Waals surface area contributed by atoms with Crippen LogP contribution in [0, 0.1) is 17.3 Å². The molecule has 1 saturated heterocycles. The normalized spacial score (nSPS) is 39.2. The molecular formula is C24H35ClN2. The Morgan fingerprint density at radius 2 is 1.70 bits per heavy atom. The first kappa shape index (κ1) is 18.5. The summed E-state index contributed by atoms with van der Waals surface area (Å²) in [5, 5.41) is 0.871. The van der Waals surface area contributed by atoms with E-state index in [1.807, 2.05) is 0 Å². The van der Waals surface area contributed by atoms with Gasteiger partial charge >= 0.3 is 0 Å². The average molecular weight is 387 g/mol. The van der Waals surface area contributed by atoms with Gasteiger partial charge < -0.3 is 10.6 Å². The van der Waals surface area contributed by atoms with E-state index in [4.69, 9.17) is 17.3 Å². The molecule has 1 aromatic rings. The molecule has 6 rings (SSSR count). The van der Waals surface area contributed by atoms with Gasteiger partial charge in [0.05, 0.1) is 0 Å². The third-order valence-corrected chi connectivity index (χ3v) is 8.72. The lowest BCUT2D eigenvalue weighted by molar-refractivity contribution is -0.0864. The van der Waals surface area contributed by atoms with Gasteiger partial charge in [-0.25, -0.2) is 0 Å². The summed E-state index contributed by atoms with van der Waals surface area (Å²) in [6.07, 6.45) is 14.0. The fourth-order valence-corrected chi connectivity index (χ4v) is 8.17. The second-order valence-electron chi connectivity index (χ2n) is 10.4. The topological polar surface area (TPSA) is 29.3 Å². The predicted octanol–water partition coefficient (Wildman–Crippen LogP) is 5.38. The maximum Gasteiger partial charge on any atom is 0.0406 e. The first-order valence-electron chi connectivity index (χ1n) is 11.3. The van der Waals surface area contributed by atoms with Crippen molar-refractivity contribution in [1.82, 2.24) is 4.90 Å². The van der Waals surface area contributed by atoms with E-state index < -0.39 is 0 Å². The summed E-state index contributed by atoms with van der Waals surface area (Å²) < 4.78 is 0. The van der Waals surface area contributed by atoms with Gasteiger partial charge in [0, 0.05) is 11.1 Å². The van der Waals surface area contributed by atoms with Gasteiger partial charge in [0.15, 0.2) is 0 Å². The van der Waals surface area contributed by atoms with Gasteiger partial charge in [0.2, 0.25) is 0 Å². The number of hydrogen-bond donors (Lipinski definition) is 1. The van der Waals surface area contributed by atoms with E-state index in [1.165, 1.54) is 77.3 Å². The van der Waals surface area contributed by atoms with E-state index in [2.05, 4.69) is 29.2 Å². The fraction of sp³-hybridized carbons (Fsp3) is 0.750. The molecule has 1 heterocycles. The Kier molecular flexibility index (Phi) is 4.81. The Labute approximate surface area is 169 Å². The van der Waals surface area contributed by atoms with Crippen LogP contribution in [-0.2, 0) is 5.41 Å². The molecule has 4 saturated carbocycles. The highest BCUT2D eigenvalue weighted by Crippen LogP contribution is 2.67. The number of nitrogens with zero attached hydrogens (tertiary/aromatic N) is 1. The Morgan fingerprint density at radius 1 is 1.04 bits per heavy atom. The molecule has 3 heteroatoms. The van der Waals surface area contributed by atoms with Gasteiger partial charge in [-0.05, 0) is 124 Å². The van der Waals surface area contributed by atoms with Crippen molar-refractivity contribution >= 4 is 11.6 Å². The van der Waals surface area contributed by atoms with E-state index in [9.17, 15) is 0 Å². The molecule has 148 valence electrons. The maximum absolute atomic E-state index is 6.21. The highest BCUT2D eigenvalue weighted by Gasteiger charge is 2.58. The first-order chi connectivity index (χ1) is 13.1. The molecule has 0 amide bonds. The lowest BCUT2D eigenvalue weighted by atomic mass is 9.42. The molecular weight excluding hydrogens is 352 g/mol. The van der Waals surface area contributed by atoms with E-state index in [0.29, 0.717) is 10.8 Å². The van der Waals surface area contributed by atoms with Crippen molar-refractivity contribution in [2.45, 2.75) is 75.7 Å². The van der Waals surface area contributed by atoms with Crippen LogP contribution >= 0.6 is 11.6 Å². The molecule has 5 aliphatic rings. The maximum atomic E-state index is 6.21. The number of hydrogen-bond acceptors (Lipinski definition) is 2. The van der Waals surface area contributed by atoms with Crippen molar-refractivity contribution in [3.05, 3.63) is 34.9 Å².